The van der Waals surface area contributed by atoms with Crippen LogP contribution in [0.2, 0.25) is 0 Å². The van der Waals surface area contributed by atoms with Crippen LogP contribution in [0.15, 0.2) is 0 Å². The van der Waals surface area contributed by atoms with Crippen LogP contribution in [-0.4, -0.2) is 37.5 Å². The second-order valence-corrected chi connectivity index (χ2v) is 2.38. The summed E-state index contributed by atoms with van der Waals surface area (Å²) in [7, 11) is 1.70. The Hall–Kier alpha value is 0.170. The lowest BCUT2D eigenvalue weighted by atomic mass is 10.2. The summed E-state index contributed by atoms with van der Waals surface area (Å²) in [6, 6.07) is 0.259. The van der Waals surface area contributed by atoms with Crippen LogP contribution in [0.1, 0.15) is 6.42 Å². The molecule has 0 bridgehead atoms. The Morgan fingerprint density at radius 2 is 2.40 bits per heavy atom. The highest BCUT2D eigenvalue weighted by atomic mass is 35.5. The Kier molecular flexibility index (Phi) is 4.99. The van der Waals surface area contributed by atoms with Gasteiger partial charge in [-0.25, -0.2) is 0 Å². The van der Waals surface area contributed by atoms with E-state index in [0.29, 0.717) is 6.10 Å². The fourth-order valence-electron chi connectivity index (χ4n) is 1.10. The maximum absolute atomic E-state index is 8.66. The Bertz CT molecular complexity index is 81.8. The van der Waals surface area contributed by atoms with Gasteiger partial charge < -0.3 is 15.2 Å². The molecular formula is C6H14ClNO2. The molecule has 2 atom stereocenters. The fraction of sp³-hybridized carbons (Fsp3) is 1.00. The summed E-state index contributed by atoms with van der Waals surface area (Å²) in [5, 5.41) is 11.8. The zero-order valence-electron chi connectivity index (χ0n) is 6.04. The maximum atomic E-state index is 8.66. The van der Waals surface area contributed by atoms with Crippen LogP contribution in [0.25, 0.3) is 0 Å². The third kappa shape index (κ3) is 2.42. The Morgan fingerprint density at radius 3 is 2.70 bits per heavy atom. The molecular weight excluding hydrogens is 154 g/mol. The second-order valence-electron chi connectivity index (χ2n) is 2.38. The first-order valence-corrected chi connectivity index (χ1v) is 3.24. The predicted octanol–water partition coefficient (Wildman–Crippen LogP) is -0.223. The van der Waals surface area contributed by atoms with Gasteiger partial charge in [0.05, 0.1) is 12.7 Å². The summed E-state index contributed by atoms with van der Waals surface area (Å²) < 4.78 is 5.07. The number of rotatable bonds is 2. The number of ether oxygens (including phenoxy) is 1. The Morgan fingerprint density at radius 1 is 1.70 bits per heavy atom. The lowest BCUT2D eigenvalue weighted by Gasteiger charge is -2.04. The van der Waals surface area contributed by atoms with E-state index in [1.54, 1.807) is 7.11 Å². The number of nitrogens with one attached hydrogen (secondary N) is 1. The molecule has 1 saturated heterocycles. The number of hydrogen-bond donors (Lipinski definition) is 2. The van der Waals surface area contributed by atoms with Crippen molar-refractivity contribution >= 4 is 12.4 Å². The lowest BCUT2D eigenvalue weighted by Crippen LogP contribution is -2.24. The highest BCUT2D eigenvalue weighted by Gasteiger charge is 2.22. The maximum Gasteiger partial charge on any atom is 0.0711 e. The van der Waals surface area contributed by atoms with Crippen LogP contribution in [0.4, 0.5) is 0 Å². The molecule has 4 heteroatoms. The molecule has 0 aliphatic carbocycles. The first-order valence-electron chi connectivity index (χ1n) is 3.24. The quantitative estimate of drug-likeness (QED) is 0.598. The van der Waals surface area contributed by atoms with E-state index < -0.39 is 0 Å². The Labute approximate surface area is 67.2 Å². The second kappa shape index (κ2) is 4.91. The summed E-state index contributed by atoms with van der Waals surface area (Å²) >= 11 is 0. The molecule has 2 N–H and O–H groups in total. The van der Waals surface area contributed by atoms with Gasteiger partial charge in [-0.05, 0) is 6.42 Å². The van der Waals surface area contributed by atoms with Gasteiger partial charge in [-0.15, -0.1) is 12.4 Å². The zero-order valence-corrected chi connectivity index (χ0v) is 6.86. The van der Waals surface area contributed by atoms with E-state index in [1.165, 1.54) is 0 Å². The van der Waals surface area contributed by atoms with E-state index in [2.05, 4.69) is 5.32 Å². The number of halogens is 1. The zero-order chi connectivity index (χ0) is 6.69. The van der Waals surface area contributed by atoms with Gasteiger partial charge in [0.25, 0.3) is 0 Å². The molecule has 10 heavy (non-hydrogen) atoms. The molecule has 1 rings (SSSR count). The summed E-state index contributed by atoms with van der Waals surface area (Å²) in [5.74, 6) is 0. The highest BCUT2D eigenvalue weighted by molar-refractivity contribution is 5.85. The monoisotopic (exact) mass is 167 g/mol. The molecule has 1 heterocycles. The molecule has 1 fully saturated rings. The van der Waals surface area contributed by atoms with Gasteiger partial charge in [0.1, 0.15) is 0 Å². The molecule has 1 aliphatic rings. The van der Waals surface area contributed by atoms with Crippen LogP contribution in [0.5, 0.6) is 0 Å². The first kappa shape index (κ1) is 10.2. The van der Waals surface area contributed by atoms with Crippen LogP contribution >= 0.6 is 12.4 Å². The largest absolute Gasteiger partial charge is 0.395 e. The van der Waals surface area contributed by atoms with E-state index >= 15 is 0 Å². The minimum absolute atomic E-state index is 0. The third-order valence-corrected chi connectivity index (χ3v) is 1.74. The van der Waals surface area contributed by atoms with Gasteiger partial charge >= 0.3 is 0 Å². The minimum Gasteiger partial charge on any atom is -0.395 e. The van der Waals surface area contributed by atoms with E-state index in [9.17, 15) is 0 Å². The van der Waals surface area contributed by atoms with Crippen molar-refractivity contribution in [1.82, 2.24) is 5.32 Å². The van der Waals surface area contributed by atoms with Crippen molar-refractivity contribution in [2.75, 3.05) is 20.3 Å². The van der Waals surface area contributed by atoms with E-state index in [1.807, 2.05) is 0 Å². The molecule has 0 aromatic carbocycles. The average molecular weight is 168 g/mol. The minimum atomic E-state index is 0. The van der Waals surface area contributed by atoms with E-state index in [4.69, 9.17) is 9.84 Å². The molecule has 62 valence electrons. The van der Waals surface area contributed by atoms with Gasteiger partial charge in [-0.3, -0.25) is 0 Å². The van der Waals surface area contributed by atoms with Gasteiger partial charge in [0, 0.05) is 19.7 Å². The standard InChI is InChI=1S/C6H13NO2.ClH/c1-9-6-2-5(4-8)7-3-6;/h5-8H,2-4H2,1H3;1H/t5-,6+;/m0./s1. The molecule has 0 radical (unpaired) electrons. The molecule has 1 aliphatic heterocycles. The van der Waals surface area contributed by atoms with Crippen molar-refractivity contribution in [2.45, 2.75) is 18.6 Å². The smallest absolute Gasteiger partial charge is 0.0711 e. The molecule has 0 aromatic rings. The highest BCUT2D eigenvalue weighted by Crippen LogP contribution is 2.07. The van der Waals surface area contributed by atoms with Crippen molar-refractivity contribution < 1.29 is 9.84 Å². The van der Waals surface area contributed by atoms with Crippen LogP contribution in [0, 0.1) is 0 Å². The summed E-state index contributed by atoms with van der Waals surface area (Å²) in [4.78, 5) is 0. The van der Waals surface area contributed by atoms with Crippen molar-refractivity contribution in [3.63, 3.8) is 0 Å². The third-order valence-electron chi connectivity index (χ3n) is 1.74. The average Bonchev–Trinajstić information content (AvgIpc) is 2.34. The van der Waals surface area contributed by atoms with Gasteiger partial charge in [-0.1, -0.05) is 0 Å². The summed E-state index contributed by atoms with van der Waals surface area (Å²) in [6.45, 7) is 1.10. The van der Waals surface area contributed by atoms with Crippen LogP contribution in [-0.2, 0) is 4.74 Å². The first-order chi connectivity index (χ1) is 4.36. The van der Waals surface area contributed by atoms with Crippen molar-refractivity contribution in [1.29, 1.82) is 0 Å². The molecule has 0 aromatic heterocycles. The van der Waals surface area contributed by atoms with Crippen LogP contribution < -0.4 is 5.32 Å². The van der Waals surface area contributed by atoms with Gasteiger partial charge in [0.2, 0.25) is 0 Å². The molecule has 0 saturated carbocycles. The van der Waals surface area contributed by atoms with Crippen molar-refractivity contribution in [3.05, 3.63) is 0 Å². The normalized spacial score (nSPS) is 31.8. The molecule has 3 nitrogen and oxygen atoms in total. The van der Waals surface area contributed by atoms with Crippen LogP contribution in [0.3, 0.4) is 0 Å². The summed E-state index contributed by atoms with van der Waals surface area (Å²) in [5.41, 5.74) is 0. The lowest BCUT2D eigenvalue weighted by molar-refractivity contribution is 0.114. The topological polar surface area (TPSA) is 41.5 Å². The van der Waals surface area contributed by atoms with Crippen molar-refractivity contribution in [2.24, 2.45) is 0 Å². The van der Waals surface area contributed by atoms with E-state index in [0.717, 1.165) is 13.0 Å². The molecule has 0 unspecified atom stereocenters. The van der Waals surface area contributed by atoms with Gasteiger partial charge in [-0.2, -0.15) is 0 Å². The number of aliphatic hydroxyl groups excluding tert-OH is 1. The number of aliphatic hydroxyl groups is 1. The summed E-state index contributed by atoms with van der Waals surface area (Å²) in [6.07, 6.45) is 1.25. The number of hydrogen-bond acceptors (Lipinski definition) is 3. The molecule has 0 amide bonds. The fourth-order valence-corrected chi connectivity index (χ4v) is 1.10. The SMILES string of the molecule is CO[C@H]1CN[C@H](CO)C1.Cl. The molecule has 0 spiro atoms. The van der Waals surface area contributed by atoms with E-state index in [-0.39, 0.29) is 25.1 Å². The predicted molar refractivity (Wildman–Crippen MR) is 41.5 cm³/mol. The van der Waals surface area contributed by atoms with Crippen molar-refractivity contribution in [3.8, 4) is 0 Å². The number of methoxy groups -OCH3 is 1. The Balaban J connectivity index is 0.000000810. The van der Waals surface area contributed by atoms with Gasteiger partial charge in [0.15, 0.2) is 0 Å².